The molecule has 5 N–H and O–H groups in total. The predicted octanol–water partition coefficient (Wildman–Crippen LogP) is 0.289. The highest BCUT2D eigenvalue weighted by molar-refractivity contribution is 4.95. The zero-order valence-corrected chi connectivity index (χ0v) is 12.8. The van der Waals surface area contributed by atoms with E-state index < -0.39 is 36.8 Å². The molecule has 1 saturated heterocycles. The molecule has 0 bridgehead atoms. The zero-order chi connectivity index (χ0) is 15.9. The van der Waals surface area contributed by atoms with Crippen LogP contribution in [0.3, 0.4) is 0 Å². The normalized spacial score (nSPS) is 36.9. The van der Waals surface area contributed by atoms with E-state index in [1.807, 2.05) is 0 Å². The quantitative estimate of drug-likeness (QED) is 0.392. The minimum absolute atomic E-state index is 0.169. The van der Waals surface area contributed by atoms with Gasteiger partial charge in [-0.1, -0.05) is 45.4 Å². The molecule has 21 heavy (non-hydrogen) atoms. The number of unbranched alkanes of at least 4 members (excludes halogenated alkanes) is 6. The maximum atomic E-state index is 10.3. The predicted molar refractivity (Wildman–Crippen MR) is 77.5 cm³/mol. The Kier molecular flexibility index (Phi) is 8.08. The molecule has 0 amide bonds. The molecule has 0 aromatic rings. The third-order valence-electron chi connectivity index (χ3n) is 4.19. The molecule has 5 atom stereocenters. The molecule has 126 valence electrons. The van der Waals surface area contributed by atoms with Crippen LogP contribution in [-0.4, -0.2) is 62.3 Å². The highest BCUT2D eigenvalue weighted by Gasteiger charge is 2.51. The van der Waals surface area contributed by atoms with Crippen LogP contribution in [0, 0.1) is 0 Å². The fourth-order valence-corrected chi connectivity index (χ4v) is 2.76. The summed E-state index contributed by atoms with van der Waals surface area (Å²) in [6.45, 7) is 1.64. The van der Waals surface area contributed by atoms with Crippen LogP contribution < -0.4 is 0 Å². The summed E-state index contributed by atoms with van der Waals surface area (Å²) in [5.41, 5.74) is 0. The van der Waals surface area contributed by atoms with Crippen molar-refractivity contribution in [2.75, 3.05) is 6.61 Å². The van der Waals surface area contributed by atoms with Crippen LogP contribution >= 0.6 is 0 Å². The third-order valence-corrected chi connectivity index (χ3v) is 4.19. The van der Waals surface area contributed by atoms with Crippen LogP contribution in [0.5, 0.6) is 0 Å². The molecule has 1 aliphatic rings. The van der Waals surface area contributed by atoms with Gasteiger partial charge in [0.15, 0.2) is 5.79 Å². The van der Waals surface area contributed by atoms with Crippen LogP contribution in [-0.2, 0) is 4.74 Å². The highest BCUT2D eigenvalue weighted by Crippen LogP contribution is 2.32. The first-order valence-electron chi connectivity index (χ1n) is 8.01. The van der Waals surface area contributed by atoms with Crippen molar-refractivity contribution in [3.63, 3.8) is 0 Å². The second-order valence-electron chi connectivity index (χ2n) is 5.98. The Morgan fingerprint density at radius 1 is 0.905 bits per heavy atom. The zero-order valence-electron chi connectivity index (χ0n) is 12.8. The Morgan fingerprint density at radius 3 is 2.05 bits per heavy atom. The van der Waals surface area contributed by atoms with Crippen LogP contribution in [0.1, 0.15) is 58.3 Å². The van der Waals surface area contributed by atoms with E-state index in [-0.39, 0.29) is 6.42 Å². The lowest BCUT2D eigenvalue weighted by Crippen LogP contribution is -2.65. The molecule has 1 fully saturated rings. The van der Waals surface area contributed by atoms with Crippen LogP contribution in [0.4, 0.5) is 0 Å². The van der Waals surface area contributed by atoms with Crippen molar-refractivity contribution in [2.45, 2.75) is 88.5 Å². The molecule has 0 aromatic heterocycles. The lowest BCUT2D eigenvalue weighted by molar-refractivity contribution is -0.351. The monoisotopic (exact) mass is 306 g/mol. The number of hydrogen-bond donors (Lipinski definition) is 5. The Balaban J connectivity index is 2.37. The molecule has 0 aromatic carbocycles. The molecule has 0 unspecified atom stereocenters. The molecule has 1 rings (SSSR count). The molecule has 6 heteroatoms. The van der Waals surface area contributed by atoms with Crippen molar-refractivity contribution in [1.29, 1.82) is 0 Å². The first-order valence-corrected chi connectivity index (χ1v) is 8.01. The summed E-state index contributed by atoms with van der Waals surface area (Å²) in [4.78, 5) is 0. The number of aliphatic hydroxyl groups excluding tert-OH is 4. The van der Waals surface area contributed by atoms with Gasteiger partial charge in [0.25, 0.3) is 0 Å². The topological polar surface area (TPSA) is 110 Å². The molecular formula is C15H30O6. The van der Waals surface area contributed by atoms with Gasteiger partial charge >= 0.3 is 0 Å². The van der Waals surface area contributed by atoms with Gasteiger partial charge in [0.1, 0.15) is 24.4 Å². The summed E-state index contributed by atoms with van der Waals surface area (Å²) in [6.07, 6.45) is 1.98. The number of aliphatic hydroxyl groups is 5. The fourth-order valence-electron chi connectivity index (χ4n) is 2.76. The lowest BCUT2D eigenvalue weighted by atomic mass is 9.89. The summed E-state index contributed by atoms with van der Waals surface area (Å²) in [7, 11) is 0. The van der Waals surface area contributed by atoms with E-state index in [9.17, 15) is 20.4 Å². The Morgan fingerprint density at radius 2 is 1.48 bits per heavy atom. The Labute approximate surface area is 126 Å². The van der Waals surface area contributed by atoms with E-state index in [4.69, 9.17) is 9.84 Å². The second-order valence-corrected chi connectivity index (χ2v) is 5.98. The molecule has 0 radical (unpaired) electrons. The fraction of sp³-hybridized carbons (Fsp3) is 1.00. The van der Waals surface area contributed by atoms with Gasteiger partial charge in [-0.15, -0.1) is 0 Å². The first kappa shape index (κ1) is 18.8. The van der Waals surface area contributed by atoms with Crippen LogP contribution in [0.2, 0.25) is 0 Å². The van der Waals surface area contributed by atoms with E-state index in [1.165, 1.54) is 19.3 Å². The van der Waals surface area contributed by atoms with Crippen molar-refractivity contribution in [3.8, 4) is 0 Å². The van der Waals surface area contributed by atoms with Gasteiger partial charge in [-0.2, -0.15) is 0 Å². The Bertz CT molecular complexity index is 285. The second kappa shape index (κ2) is 9.02. The van der Waals surface area contributed by atoms with Gasteiger partial charge in [0.2, 0.25) is 0 Å². The minimum atomic E-state index is -1.91. The largest absolute Gasteiger partial charge is 0.394 e. The summed E-state index contributed by atoms with van der Waals surface area (Å²) >= 11 is 0. The molecule has 0 spiro atoms. The number of rotatable bonds is 9. The maximum Gasteiger partial charge on any atom is 0.195 e. The van der Waals surface area contributed by atoms with E-state index >= 15 is 0 Å². The van der Waals surface area contributed by atoms with E-state index in [0.29, 0.717) is 6.42 Å². The van der Waals surface area contributed by atoms with Gasteiger partial charge in [0, 0.05) is 6.42 Å². The molecular weight excluding hydrogens is 276 g/mol. The molecule has 0 aliphatic carbocycles. The lowest BCUT2D eigenvalue weighted by Gasteiger charge is -2.45. The van der Waals surface area contributed by atoms with Gasteiger partial charge < -0.3 is 30.3 Å². The summed E-state index contributed by atoms with van der Waals surface area (Å²) < 4.78 is 5.21. The number of ether oxygens (including phenoxy) is 1. The number of hydrogen-bond acceptors (Lipinski definition) is 6. The molecule has 0 saturated carbocycles. The van der Waals surface area contributed by atoms with Crippen molar-refractivity contribution < 1.29 is 30.3 Å². The molecule has 1 heterocycles. The van der Waals surface area contributed by atoms with Crippen molar-refractivity contribution in [2.24, 2.45) is 0 Å². The average Bonchev–Trinajstić information content (AvgIpc) is 2.48. The third kappa shape index (κ3) is 5.16. The molecule has 1 aliphatic heterocycles. The van der Waals surface area contributed by atoms with E-state index in [1.54, 1.807) is 0 Å². The smallest absolute Gasteiger partial charge is 0.195 e. The minimum Gasteiger partial charge on any atom is -0.394 e. The highest BCUT2D eigenvalue weighted by atomic mass is 16.7. The van der Waals surface area contributed by atoms with E-state index in [0.717, 1.165) is 19.3 Å². The summed E-state index contributed by atoms with van der Waals surface area (Å²) in [5, 5.41) is 48.7. The van der Waals surface area contributed by atoms with Crippen molar-refractivity contribution in [3.05, 3.63) is 0 Å². The van der Waals surface area contributed by atoms with Crippen LogP contribution in [0.25, 0.3) is 0 Å². The SMILES string of the molecule is CCCCCCCCC[C@@]1(O)O[C@H](CO)[C@@H](O)[C@H](O)[C@H]1O. The maximum absolute atomic E-state index is 10.3. The average molecular weight is 306 g/mol. The van der Waals surface area contributed by atoms with Crippen molar-refractivity contribution >= 4 is 0 Å². The van der Waals surface area contributed by atoms with Gasteiger partial charge in [-0.25, -0.2) is 0 Å². The van der Waals surface area contributed by atoms with E-state index in [2.05, 4.69) is 6.92 Å². The van der Waals surface area contributed by atoms with Gasteiger partial charge in [-0.05, 0) is 6.42 Å². The van der Waals surface area contributed by atoms with Crippen LogP contribution in [0.15, 0.2) is 0 Å². The summed E-state index contributed by atoms with van der Waals surface area (Å²) in [6, 6.07) is 0. The first-order chi connectivity index (χ1) is 9.96. The van der Waals surface area contributed by atoms with Gasteiger partial charge in [-0.3, -0.25) is 0 Å². The standard InChI is InChI=1S/C15H30O6/c1-2-3-4-5-6-7-8-9-15(20)14(19)13(18)12(17)11(10-16)21-15/h11-14,16-20H,2-10H2,1H3/t11-,12-,13+,14-,15-/m1/s1. The Hall–Kier alpha value is -0.240. The molecule has 6 nitrogen and oxygen atoms in total. The summed E-state index contributed by atoms with van der Waals surface area (Å²) in [5.74, 6) is -1.91. The van der Waals surface area contributed by atoms with Crippen molar-refractivity contribution in [1.82, 2.24) is 0 Å². The van der Waals surface area contributed by atoms with Gasteiger partial charge in [0.05, 0.1) is 6.61 Å².